The van der Waals surface area contributed by atoms with Gasteiger partial charge in [-0.1, -0.05) is 48.5 Å². The van der Waals surface area contributed by atoms with Gasteiger partial charge in [-0.3, -0.25) is 0 Å². The van der Waals surface area contributed by atoms with E-state index in [0.29, 0.717) is 0 Å². The van der Waals surface area contributed by atoms with E-state index in [1.54, 1.807) is 0 Å². The highest BCUT2D eigenvalue weighted by atomic mass is 79.9. The van der Waals surface area contributed by atoms with E-state index in [1.807, 2.05) is 43.3 Å². The molecular weight excluding hydrogens is 492 g/mol. The molecule has 0 fully saturated rings. The minimum absolute atomic E-state index is 0.0886. The summed E-state index contributed by atoms with van der Waals surface area (Å²) in [5.41, 5.74) is 3.13. The predicted octanol–water partition coefficient (Wildman–Crippen LogP) is 7.94. The normalized spacial score (nSPS) is 18.8. The van der Waals surface area contributed by atoms with E-state index in [-0.39, 0.29) is 12.3 Å². The molecule has 6 heteroatoms. The lowest BCUT2D eigenvalue weighted by Crippen LogP contribution is -2.33. The first-order valence-corrected chi connectivity index (χ1v) is 13.0. The average molecular weight is 523 g/mol. The van der Waals surface area contributed by atoms with Crippen LogP contribution in [0.15, 0.2) is 68.6 Å². The zero-order valence-electron chi connectivity index (χ0n) is 19.8. The molecule has 0 radical (unpaired) electrons. The average Bonchev–Trinajstić information content (AvgIpc) is 3.48. The Bertz CT molecular complexity index is 1150. The second-order valence-corrected chi connectivity index (χ2v) is 9.96. The van der Waals surface area contributed by atoms with Crippen molar-refractivity contribution in [2.24, 2.45) is 5.10 Å². The van der Waals surface area contributed by atoms with E-state index in [2.05, 4.69) is 46.1 Å². The summed E-state index contributed by atoms with van der Waals surface area (Å²) >= 11 is 3.61. The highest BCUT2D eigenvalue weighted by molar-refractivity contribution is 9.10. The van der Waals surface area contributed by atoms with Crippen LogP contribution in [0.5, 0.6) is 11.5 Å². The lowest BCUT2D eigenvalue weighted by Gasteiger charge is -2.38. The van der Waals surface area contributed by atoms with Gasteiger partial charge in [-0.25, -0.2) is 5.01 Å². The molecule has 2 aliphatic rings. The molecule has 5 nitrogen and oxygen atoms in total. The standard InChI is InChI=1S/C28H31BrN2O3/c1-3-4-5-6-7-16-32-22-12-9-20(10-13-22)28-31-25(23-17-21(29)11-15-26(23)34-28)18-24(30-31)27-14-8-19(2)33-27/h8-15,17,25,28H,3-7,16,18H2,1-2H3/t25-,28-/m1/s1. The number of unbranched alkanes of at least 4 members (excludes halogenated alkanes) is 4. The number of aryl methyl sites for hydroxylation is 1. The minimum atomic E-state index is -0.310. The minimum Gasteiger partial charge on any atom is -0.494 e. The van der Waals surface area contributed by atoms with Gasteiger partial charge in [0.25, 0.3) is 0 Å². The molecule has 3 aromatic rings. The number of ether oxygens (including phenoxy) is 2. The summed E-state index contributed by atoms with van der Waals surface area (Å²) in [7, 11) is 0. The van der Waals surface area contributed by atoms with Gasteiger partial charge in [0.1, 0.15) is 28.7 Å². The summed E-state index contributed by atoms with van der Waals surface area (Å²) < 4.78 is 19.4. The molecule has 0 saturated heterocycles. The van der Waals surface area contributed by atoms with Crippen molar-refractivity contribution in [2.45, 2.75) is 64.6 Å². The number of hydrazone groups is 1. The van der Waals surface area contributed by atoms with Crippen LogP contribution in [-0.4, -0.2) is 17.3 Å². The molecule has 1 aromatic heterocycles. The Hall–Kier alpha value is -2.73. The van der Waals surface area contributed by atoms with Crippen LogP contribution in [-0.2, 0) is 0 Å². The topological polar surface area (TPSA) is 47.2 Å². The van der Waals surface area contributed by atoms with Crippen molar-refractivity contribution in [3.8, 4) is 11.5 Å². The van der Waals surface area contributed by atoms with Gasteiger partial charge in [0.05, 0.1) is 12.6 Å². The number of halogens is 1. The molecule has 0 spiro atoms. The van der Waals surface area contributed by atoms with Crippen LogP contribution in [0.2, 0.25) is 0 Å². The number of fused-ring (bicyclic) bond motifs is 3. The summed E-state index contributed by atoms with van der Waals surface area (Å²) in [6.45, 7) is 4.95. The summed E-state index contributed by atoms with van der Waals surface area (Å²) in [6.07, 6.45) is 6.63. The molecule has 0 N–H and O–H groups in total. The first kappa shape index (κ1) is 23.0. The fraction of sp³-hybridized carbons (Fsp3) is 0.393. The van der Waals surface area contributed by atoms with Gasteiger partial charge in [0.15, 0.2) is 0 Å². The third kappa shape index (κ3) is 4.88. The maximum atomic E-state index is 6.48. The summed E-state index contributed by atoms with van der Waals surface area (Å²) in [5.74, 6) is 3.51. The van der Waals surface area contributed by atoms with Gasteiger partial charge in [0, 0.05) is 22.0 Å². The maximum absolute atomic E-state index is 6.48. The van der Waals surface area contributed by atoms with E-state index in [1.165, 1.54) is 25.7 Å². The largest absolute Gasteiger partial charge is 0.494 e. The summed E-state index contributed by atoms with van der Waals surface area (Å²) in [5, 5.41) is 7.05. The van der Waals surface area contributed by atoms with E-state index in [4.69, 9.17) is 19.0 Å². The molecule has 2 aliphatic heterocycles. The zero-order chi connectivity index (χ0) is 23.5. The number of hydrogen-bond donors (Lipinski definition) is 0. The first-order valence-electron chi connectivity index (χ1n) is 12.2. The Labute approximate surface area is 209 Å². The van der Waals surface area contributed by atoms with Gasteiger partial charge in [-0.05, 0) is 67.9 Å². The molecule has 5 rings (SSSR count). The first-order chi connectivity index (χ1) is 16.6. The van der Waals surface area contributed by atoms with E-state index < -0.39 is 0 Å². The highest BCUT2D eigenvalue weighted by Gasteiger charge is 2.41. The number of benzene rings is 2. The SMILES string of the molecule is CCCCCCCOc1ccc([C@H]2Oc3ccc(Br)cc3[C@H]3CC(c4ccc(C)o4)=NN32)cc1. The van der Waals surface area contributed by atoms with Crippen LogP contribution in [0.1, 0.15) is 80.4 Å². The molecule has 2 atom stereocenters. The molecule has 0 aliphatic carbocycles. The van der Waals surface area contributed by atoms with E-state index in [0.717, 1.165) is 63.8 Å². The fourth-order valence-electron chi connectivity index (χ4n) is 4.64. The second-order valence-electron chi connectivity index (χ2n) is 9.04. The molecular formula is C28H31BrN2O3. The number of hydrogen-bond acceptors (Lipinski definition) is 5. The molecule has 0 saturated carbocycles. The van der Waals surface area contributed by atoms with Crippen LogP contribution >= 0.6 is 15.9 Å². The Balaban J connectivity index is 1.35. The molecule has 178 valence electrons. The summed E-state index contributed by atoms with van der Waals surface area (Å²) in [6, 6.07) is 18.5. The van der Waals surface area contributed by atoms with Crippen molar-refractivity contribution in [2.75, 3.05) is 6.61 Å². The van der Waals surface area contributed by atoms with Crippen LogP contribution in [0.4, 0.5) is 0 Å². The zero-order valence-corrected chi connectivity index (χ0v) is 21.4. The van der Waals surface area contributed by atoms with Crippen molar-refractivity contribution in [3.05, 3.63) is 81.7 Å². The Morgan fingerprint density at radius 2 is 1.85 bits per heavy atom. The predicted molar refractivity (Wildman–Crippen MR) is 137 cm³/mol. The lowest BCUT2D eigenvalue weighted by molar-refractivity contribution is -0.0191. The van der Waals surface area contributed by atoms with Gasteiger partial charge in [-0.15, -0.1) is 0 Å². The quantitative estimate of drug-likeness (QED) is 0.267. The Kier molecular flexibility index (Phi) is 6.95. The van der Waals surface area contributed by atoms with Crippen LogP contribution in [0, 0.1) is 6.92 Å². The smallest absolute Gasteiger partial charge is 0.213 e. The highest BCUT2D eigenvalue weighted by Crippen LogP contribution is 2.48. The monoisotopic (exact) mass is 522 g/mol. The van der Waals surface area contributed by atoms with Crippen molar-refractivity contribution in [3.63, 3.8) is 0 Å². The summed E-state index contributed by atoms with van der Waals surface area (Å²) in [4.78, 5) is 0. The van der Waals surface area contributed by atoms with E-state index in [9.17, 15) is 0 Å². The number of nitrogens with zero attached hydrogens (tertiary/aromatic N) is 2. The molecule has 0 bridgehead atoms. The van der Waals surface area contributed by atoms with Crippen LogP contribution in [0.3, 0.4) is 0 Å². The second kappa shape index (κ2) is 10.3. The van der Waals surface area contributed by atoms with Crippen LogP contribution in [0.25, 0.3) is 0 Å². The molecule has 34 heavy (non-hydrogen) atoms. The van der Waals surface area contributed by atoms with Crippen LogP contribution < -0.4 is 9.47 Å². The van der Waals surface area contributed by atoms with Crippen molar-refractivity contribution in [1.82, 2.24) is 5.01 Å². The van der Waals surface area contributed by atoms with Gasteiger partial charge in [-0.2, -0.15) is 5.10 Å². The third-order valence-corrected chi connectivity index (χ3v) is 6.95. The molecule has 0 amide bonds. The van der Waals surface area contributed by atoms with Crippen molar-refractivity contribution in [1.29, 1.82) is 0 Å². The van der Waals surface area contributed by atoms with Gasteiger partial charge in [0.2, 0.25) is 6.23 Å². The van der Waals surface area contributed by atoms with Gasteiger partial charge < -0.3 is 13.9 Å². The third-order valence-electron chi connectivity index (χ3n) is 6.46. The molecule has 3 heterocycles. The fourth-order valence-corrected chi connectivity index (χ4v) is 5.02. The Morgan fingerprint density at radius 1 is 1.03 bits per heavy atom. The number of rotatable bonds is 9. The lowest BCUT2D eigenvalue weighted by atomic mass is 9.97. The molecule has 2 aromatic carbocycles. The number of furan rings is 1. The molecule has 0 unspecified atom stereocenters. The maximum Gasteiger partial charge on any atom is 0.213 e. The Morgan fingerprint density at radius 3 is 2.62 bits per heavy atom. The van der Waals surface area contributed by atoms with Gasteiger partial charge >= 0.3 is 0 Å². The van der Waals surface area contributed by atoms with E-state index >= 15 is 0 Å². The van der Waals surface area contributed by atoms with Crippen molar-refractivity contribution >= 4 is 21.6 Å². The van der Waals surface area contributed by atoms with Crippen molar-refractivity contribution < 1.29 is 13.9 Å².